The molecule has 1 aromatic heterocycles. The summed E-state index contributed by atoms with van der Waals surface area (Å²) in [7, 11) is 0. The first-order chi connectivity index (χ1) is 15.7. The summed E-state index contributed by atoms with van der Waals surface area (Å²) in [5, 5.41) is 19.6. The van der Waals surface area contributed by atoms with Crippen molar-refractivity contribution in [3.63, 3.8) is 0 Å². The minimum absolute atomic E-state index is 0.0890. The predicted molar refractivity (Wildman–Crippen MR) is 124 cm³/mol. The first-order valence-corrected chi connectivity index (χ1v) is 10.5. The van der Waals surface area contributed by atoms with Crippen molar-refractivity contribution in [3.05, 3.63) is 96.1 Å². The number of nitrogens with zero attached hydrogens (tertiary/aromatic N) is 3. The quantitative estimate of drug-likeness (QED) is 0.338. The van der Waals surface area contributed by atoms with Crippen LogP contribution >= 0.6 is 0 Å². The molecule has 1 fully saturated rings. The minimum Gasteiger partial charge on any atom is -0.493 e. The molecular formula is C27H21N3O2. The van der Waals surface area contributed by atoms with E-state index in [1.165, 1.54) is 0 Å². The number of terminal acetylenes is 1. The second-order valence-corrected chi connectivity index (χ2v) is 7.98. The number of benzene rings is 3. The van der Waals surface area contributed by atoms with Crippen LogP contribution in [0.2, 0.25) is 0 Å². The van der Waals surface area contributed by atoms with Crippen LogP contribution in [0.25, 0.3) is 10.9 Å². The summed E-state index contributed by atoms with van der Waals surface area (Å²) in [4.78, 5) is 13.1. The maximum absolute atomic E-state index is 13.1. The van der Waals surface area contributed by atoms with Crippen molar-refractivity contribution in [2.45, 2.75) is 18.4 Å². The van der Waals surface area contributed by atoms with Crippen LogP contribution in [0.5, 0.6) is 5.88 Å². The second kappa shape index (κ2) is 7.82. The van der Waals surface area contributed by atoms with Crippen molar-refractivity contribution in [2.24, 2.45) is 16.1 Å². The molecule has 1 aliphatic carbocycles. The number of para-hydroxylation sites is 1. The van der Waals surface area contributed by atoms with Crippen LogP contribution in [-0.4, -0.2) is 15.6 Å². The first kappa shape index (κ1) is 19.8. The molecule has 0 spiro atoms. The molecule has 3 aromatic carbocycles. The summed E-state index contributed by atoms with van der Waals surface area (Å²) in [6.45, 7) is 0.198. The maximum Gasteiger partial charge on any atom is 0.269 e. The Balaban J connectivity index is 1.50. The molecule has 0 aliphatic heterocycles. The lowest BCUT2D eigenvalue weighted by atomic mass is 9.85. The summed E-state index contributed by atoms with van der Waals surface area (Å²) in [6, 6.07) is 27.5. The topological polar surface area (TPSA) is 66.9 Å². The van der Waals surface area contributed by atoms with Crippen LogP contribution in [-0.2, 0) is 16.8 Å². The Morgan fingerprint density at radius 2 is 1.59 bits per heavy atom. The van der Waals surface area contributed by atoms with Crippen LogP contribution in [0.15, 0.2) is 95.2 Å². The Labute approximate surface area is 186 Å². The van der Waals surface area contributed by atoms with E-state index in [-0.39, 0.29) is 29.9 Å². The second-order valence-electron chi connectivity index (χ2n) is 7.98. The standard InChI is InChI=1S/C27H21N3O2/c1-2-17-30-23-16-10-9-15-21(23)24(26(30)32)28-29-25(31)22-18-27(22,19-11-5-3-6-12-19)20-13-7-4-8-14-20/h1,3-16,22,32H,17-18H2/t22-/m0/s1. The van der Waals surface area contributed by atoms with Gasteiger partial charge in [-0.1, -0.05) is 84.8 Å². The van der Waals surface area contributed by atoms with E-state index in [0.717, 1.165) is 16.6 Å². The molecule has 1 amide bonds. The molecule has 0 bridgehead atoms. The number of hydrogen-bond acceptors (Lipinski definition) is 3. The Bertz CT molecular complexity index is 1330. The fourth-order valence-electron chi connectivity index (χ4n) is 4.63. The highest BCUT2D eigenvalue weighted by Crippen LogP contribution is 2.59. The van der Waals surface area contributed by atoms with Crippen LogP contribution in [0, 0.1) is 18.3 Å². The van der Waals surface area contributed by atoms with Crippen LogP contribution in [0.1, 0.15) is 17.5 Å². The Kier molecular flexibility index (Phi) is 4.84. The number of amides is 1. The molecular weight excluding hydrogens is 398 g/mol. The summed E-state index contributed by atoms with van der Waals surface area (Å²) in [5.41, 5.74) is 2.79. The molecule has 1 saturated carbocycles. The molecule has 1 N–H and O–H groups in total. The number of carbonyl (C=O) groups is 1. The number of carbonyl (C=O) groups excluding carboxylic acids is 1. The molecule has 0 radical (unpaired) electrons. The average Bonchev–Trinajstić information content (AvgIpc) is 3.55. The number of hydrogen-bond donors (Lipinski definition) is 1. The van der Waals surface area contributed by atoms with Gasteiger partial charge in [-0.2, -0.15) is 0 Å². The van der Waals surface area contributed by atoms with Crippen molar-refractivity contribution in [1.29, 1.82) is 0 Å². The summed E-state index contributed by atoms with van der Waals surface area (Å²) >= 11 is 0. The monoisotopic (exact) mass is 419 g/mol. The summed E-state index contributed by atoms with van der Waals surface area (Å²) in [6.07, 6.45) is 6.12. The molecule has 156 valence electrons. The number of aromatic nitrogens is 1. The van der Waals surface area contributed by atoms with Gasteiger partial charge >= 0.3 is 0 Å². The molecule has 5 nitrogen and oxygen atoms in total. The lowest BCUT2D eigenvalue weighted by molar-refractivity contribution is -0.119. The number of rotatable bonds is 5. The molecule has 0 unspecified atom stereocenters. The average molecular weight is 419 g/mol. The smallest absolute Gasteiger partial charge is 0.269 e. The molecule has 1 atom stereocenters. The van der Waals surface area contributed by atoms with Gasteiger partial charge < -0.3 is 5.11 Å². The van der Waals surface area contributed by atoms with E-state index in [9.17, 15) is 9.90 Å². The highest BCUT2D eigenvalue weighted by Gasteiger charge is 2.60. The third kappa shape index (κ3) is 3.09. The zero-order chi connectivity index (χ0) is 22.1. The van der Waals surface area contributed by atoms with Crippen LogP contribution in [0.3, 0.4) is 0 Å². The van der Waals surface area contributed by atoms with Crippen molar-refractivity contribution in [2.75, 3.05) is 0 Å². The van der Waals surface area contributed by atoms with E-state index in [0.29, 0.717) is 11.8 Å². The van der Waals surface area contributed by atoms with E-state index in [1.54, 1.807) is 4.57 Å². The molecule has 0 saturated heterocycles. The Hall–Kier alpha value is -4.17. The van der Waals surface area contributed by atoms with Crippen molar-refractivity contribution in [1.82, 2.24) is 4.57 Å². The Morgan fingerprint density at radius 1 is 1.00 bits per heavy atom. The van der Waals surface area contributed by atoms with Gasteiger partial charge in [0.05, 0.1) is 18.0 Å². The van der Waals surface area contributed by atoms with Gasteiger partial charge in [-0.05, 0) is 23.6 Å². The third-order valence-electron chi connectivity index (χ3n) is 6.25. The van der Waals surface area contributed by atoms with Crippen molar-refractivity contribution < 1.29 is 9.90 Å². The molecule has 1 aliphatic rings. The number of azo groups is 1. The van der Waals surface area contributed by atoms with E-state index < -0.39 is 5.41 Å². The van der Waals surface area contributed by atoms with E-state index in [2.05, 4.69) is 40.4 Å². The van der Waals surface area contributed by atoms with Gasteiger partial charge in [-0.15, -0.1) is 16.7 Å². The fourth-order valence-corrected chi connectivity index (χ4v) is 4.63. The third-order valence-corrected chi connectivity index (χ3v) is 6.25. The largest absolute Gasteiger partial charge is 0.493 e. The lowest BCUT2D eigenvalue weighted by Gasteiger charge is -2.17. The van der Waals surface area contributed by atoms with E-state index in [4.69, 9.17) is 6.42 Å². The predicted octanol–water partition coefficient (Wildman–Crippen LogP) is 5.60. The van der Waals surface area contributed by atoms with Gasteiger partial charge in [-0.25, -0.2) is 0 Å². The normalized spacial score (nSPS) is 16.8. The fraction of sp³-hybridized carbons (Fsp3) is 0.148. The number of aromatic hydroxyl groups is 1. The summed E-state index contributed by atoms with van der Waals surface area (Å²) in [5.74, 6) is 1.84. The molecule has 32 heavy (non-hydrogen) atoms. The van der Waals surface area contributed by atoms with Gasteiger partial charge in [0.15, 0.2) is 5.69 Å². The zero-order valence-corrected chi connectivity index (χ0v) is 17.3. The zero-order valence-electron chi connectivity index (χ0n) is 17.3. The van der Waals surface area contributed by atoms with Gasteiger partial charge in [0.2, 0.25) is 5.88 Å². The van der Waals surface area contributed by atoms with Gasteiger partial charge in [0.1, 0.15) is 0 Å². The van der Waals surface area contributed by atoms with Crippen LogP contribution in [0.4, 0.5) is 5.69 Å². The maximum atomic E-state index is 13.1. The SMILES string of the molecule is C#CCn1c(O)c(N=NC(=O)[C@@H]2CC2(c2ccccc2)c2ccccc2)c2ccccc21. The molecule has 5 heteroatoms. The van der Waals surface area contributed by atoms with Crippen LogP contribution < -0.4 is 0 Å². The molecule has 1 heterocycles. The number of fused-ring (bicyclic) bond motifs is 1. The Morgan fingerprint density at radius 3 is 2.22 bits per heavy atom. The van der Waals surface area contributed by atoms with Gasteiger partial charge in [0, 0.05) is 10.8 Å². The van der Waals surface area contributed by atoms with E-state index in [1.807, 2.05) is 60.7 Å². The molecule has 4 aromatic rings. The highest BCUT2D eigenvalue weighted by molar-refractivity contribution is 5.95. The van der Waals surface area contributed by atoms with Gasteiger partial charge in [0.25, 0.3) is 5.91 Å². The van der Waals surface area contributed by atoms with Gasteiger partial charge in [-0.3, -0.25) is 9.36 Å². The van der Waals surface area contributed by atoms with E-state index >= 15 is 0 Å². The summed E-state index contributed by atoms with van der Waals surface area (Å²) < 4.78 is 1.59. The highest BCUT2D eigenvalue weighted by atomic mass is 16.3. The van der Waals surface area contributed by atoms with Crippen molar-refractivity contribution in [3.8, 4) is 18.2 Å². The minimum atomic E-state index is -0.405. The molecule has 5 rings (SSSR count). The lowest BCUT2D eigenvalue weighted by Crippen LogP contribution is -2.16. The van der Waals surface area contributed by atoms with Crippen molar-refractivity contribution >= 4 is 22.5 Å². The first-order valence-electron chi connectivity index (χ1n) is 10.5.